The second-order valence-electron chi connectivity index (χ2n) is 4.54. The van der Waals surface area contributed by atoms with Crippen molar-refractivity contribution in [2.75, 3.05) is 18.5 Å². The van der Waals surface area contributed by atoms with Gasteiger partial charge in [0.2, 0.25) is 0 Å². The van der Waals surface area contributed by atoms with Gasteiger partial charge >= 0.3 is 0 Å². The van der Waals surface area contributed by atoms with Crippen LogP contribution in [0.3, 0.4) is 0 Å². The number of furan rings is 1. The van der Waals surface area contributed by atoms with E-state index in [0.717, 1.165) is 0 Å². The number of amides is 1. The van der Waals surface area contributed by atoms with Crippen molar-refractivity contribution in [1.82, 2.24) is 10.3 Å². The molecule has 0 fully saturated rings. The standard InChI is InChI=1S/C16H17N3O3/c1-2-8-17-16(21)12-5-6-15(18-11-12)19-13(7-9-20)14-4-3-10-22-14/h1,3-6,10-11,13,20H,7-9H2,(H,17,21)(H,18,19). The van der Waals surface area contributed by atoms with Crippen molar-refractivity contribution in [3.63, 3.8) is 0 Å². The van der Waals surface area contributed by atoms with Gasteiger partial charge < -0.3 is 20.2 Å². The van der Waals surface area contributed by atoms with Gasteiger partial charge in [-0.3, -0.25) is 4.79 Å². The van der Waals surface area contributed by atoms with E-state index in [1.807, 2.05) is 6.07 Å². The number of nitrogens with one attached hydrogen (secondary N) is 2. The number of hydrogen-bond donors (Lipinski definition) is 3. The normalized spacial score (nSPS) is 11.5. The van der Waals surface area contributed by atoms with E-state index >= 15 is 0 Å². The average Bonchev–Trinajstić information content (AvgIpc) is 3.07. The predicted molar refractivity (Wildman–Crippen MR) is 82.2 cm³/mol. The molecular weight excluding hydrogens is 282 g/mol. The van der Waals surface area contributed by atoms with Crippen LogP contribution in [0.5, 0.6) is 0 Å². The molecule has 0 spiro atoms. The van der Waals surface area contributed by atoms with Gasteiger partial charge in [-0.25, -0.2) is 4.98 Å². The average molecular weight is 299 g/mol. The van der Waals surface area contributed by atoms with Crippen molar-refractivity contribution in [3.8, 4) is 12.3 Å². The van der Waals surface area contributed by atoms with Crippen LogP contribution in [0.2, 0.25) is 0 Å². The second-order valence-corrected chi connectivity index (χ2v) is 4.54. The largest absolute Gasteiger partial charge is 0.467 e. The summed E-state index contributed by atoms with van der Waals surface area (Å²) in [7, 11) is 0. The summed E-state index contributed by atoms with van der Waals surface area (Å²) < 4.78 is 5.34. The molecule has 1 unspecified atom stereocenters. The molecule has 0 aliphatic carbocycles. The third-order valence-corrected chi connectivity index (χ3v) is 3.00. The van der Waals surface area contributed by atoms with Gasteiger partial charge in [-0.2, -0.15) is 0 Å². The van der Waals surface area contributed by atoms with Crippen molar-refractivity contribution in [3.05, 3.63) is 48.0 Å². The van der Waals surface area contributed by atoms with Gasteiger partial charge in [-0.1, -0.05) is 5.92 Å². The van der Waals surface area contributed by atoms with Crippen LogP contribution in [0.25, 0.3) is 0 Å². The van der Waals surface area contributed by atoms with Crippen molar-refractivity contribution in [2.24, 2.45) is 0 Å². The Morgan fingerprint density at radius 3 is 2.91 bits per heavy atom. The van der Waals surface area contributed by atoms with Gasteiger partial charge in [0, 0.05) is 12.8 Å². The van der Waals surface area contributed by atoms with E-state index in [1.165, 1.54) is 6.20 Å². The third kappa shape index (κ3) is 4.11. The van der Waals surface area contributed by atoms with E-state index in [2.05, 4.69) is 21.5 Å². The van der Waals surface area contributed by atoms with E-state index in [-0.39, 0.29) is 25.1 Å². The van der Waals surface area contributed by atoms with Crippen LogP contribution in [-0.2, 0) is 0 Å². The predicted octanol–water partition coefficient (Wildman–Crippen LogP) is 1.57. The summed E-state index contributed by atoms with van der Waals surface area (Å²) in [5.41, 5.74) is 0.428. The van der Waals surface area contributed by atoms with Crippen LogP contribution in [0.4, 0.5) is 5.82 Å². The highest BCUT2D eigenvalue weighted by molar-refractivity contribution is 5.94. The maximum atomic E-state index is 11.7. The van der Waals surface area contributed by atoms with Crippen LogP contribution in [0.15, 0.2) is 41.1 Å². The Balaban J connectivity index is 2.03. The van der Waals surface area contributed by atoms with Gasteiger partial charge in [0.25, 0.3) is 5.91 Å². The Morgan fingerprint density at radius 2 is 2.32 bits per heavy atom. The minimum atomic E-state index is -0.269. The van der Waals surface area contributed by atoms with Gasteiger partial charge in [0.15, 0.2) is 0 Å². The highest BCUT2D eigenvalue weighted by atomic mass is 16.3. The highest BCUT2D eigenvalue weighted by Crippen LogP contribution is 2.21. The summed E-state index contributed by atoms with van der Waals surface area (Å²) in [5, 5.41) is 14.9. The number of carbonyl (C=O) groups is 1. The number of aromatic nitrogens is 1. The Bertz CT molecular complexity index is 630. The van der Waals surface area contributed by atoms with Gasteiger partial charge in [-0.15, -0.1) is 6.42 Å². The quantitative estimate of drug-likeness (QED) is 0.676. The SMILES string of the molecule is C#CCNC(=O)c1ccc(NC(CCO)c2ccco2)nc1. The highest BCUT2D eigenvalue weighted by Gasteiger charge is 2.14. The first-order valence-electron chi connectivity index (χ1n) is 6.83. The molecule has 114 valence electrons. The molecule has 0 aromatic carbocycles. The molecule has 22 heavy (non-hydrogen) atoms. The summed E-state index contributed by atoms with van der Waals surface area (Å²) in [6, 6.07) is 6.77. The van der Waals surface area contributed by atoms with Crippen LogP contribution < -0.4 is 10.6 Å². The minimum absolute atomic E-state index is 0.0188. The summed E-state index contributed by atoms with van der Waals surface area (Å²) in [4.78, 5) is 15.9. The lowest BCUT2D eigenvalue weighted by atomic mass is 10.1. The van der Waals surface area contributed by atoms with E-state index in [0.29, 0.717) is 23.6 Å². The van der Waals surface area contributed by atoms with Crippen molar-refractivity contribution < 1.29 is 14.3 Å². The molecule has 3 N–H and O–H groups in total. The van der Waals surface area contributed by atoms with E-state index < -0.39 is 0 Å². The first-order valence-corrected chi connectivity index (χ1v) is 6.83. The maximum Gasteiger partial charge on any atom is 0.253 e. The summed E-state index contributed by atoms with van der Waals surface area (Å²) in [5.74, 6) is 3.37. The molecule has 0 saturated carbocycles. The van der Waals surface area contributed by atoms with Crippen molar-refractivity contribution in [1.29, 1.82) is 0 Å². The molecular formula is C16H17N3O3. The lowest BCUT2D eigenvalue weighted by Gasteiger charge is -2.16. The zero-order chi connectivity index (χ0) is 15.8. The molecule has 0 aliphatic heterocycles. The third-order valence-electron chi connectivity index (χ3n) is 3.00. The molecule has 6 nitrogen and oxygen atoms in total. The fraction of sp³-hybridized carbons (Fsp3) is 0.250. The Hall–Kier alpha value is -2.78. The van der Waals surface area contributed by atoms with Gasteiger partial charge in [0.05, 0.1) is 24.4 Å². The fourth-order valence-electron chi connectivity index (χ4n) is 1.93. The molecule has 2 heterocycles. The zero-order valence-corrected chi connectivity index (χ0v) is 12.0. The Labute approximate surface area is 128 Å². The molecule has 2 rings (SSSR count). The molecule has 2 aromatic heterocycles. The lowest BCUT2D eigenvalue weighted by molar-refractivity contribution is 0.0958. The number of pyridine rings is 1. The van der Waals surface area contributed by atoms with E-state index in [4.69, 9.17) is 15.9 Å². The molecule has 6 heteroatoms. The molecule has 1 amide bonds. The molecule has 0 bridgehead atoms. The second kappa shape index (κ2) is 7.86. The lowest BCUT2D eigenvalue weighted by Crippen LogP contribution is -2.23. The fourth-order valence-corrected chi connectivity index (χ4v) is 1.93. The number of hydrogen-bond acceptors (Lipinski definition) is 5. The van der Waals surface area contributed by atoms with Crippen LogP contribution in [-0.4, -0.2) is 29.1 Å². The number of terminal acetylenes is 1. The van der Waals surface area contributed by atoms with Gasteiger partial charge in [-0.05, 0) is 30.7 Å². The minimum Gasteiger partial charge on any atom is -0.467 e. The topological polar surface area (TPSA) is 87.4 Å². The summed E-state index contributed by atoms with van der Waals surface area (Å²) in [6.45, 7) is 0.195. The van der Waals surface area contributed by atoms with Crippen molar-refractivity contribution >= 4 is 11.7 Å². The Kier molecular flexibility index (Phi) is 5.57. The number of aliphatic hydroxyl groups excluding tert-OH is 1. The van der Waals surface area contributed by atoms with Gasteiger partial charge in [0.1, 0.15) is 11.6 Å². The molecule has 1 atom stereocenters. The van der Waals surface area contributed by atoms with Crippen molar-refractivity contribution in [2.45, 2.75) is 12.5 Å². The smallest absolute Gasteiger partial charge is 0.253 e. The first kappa shape index (κ1) is 15.6. The summed E-state index contributed by atoms with van der Waals surface area (Å²) in [6.07, 6.45) is 8.62. The number of rotatable bonds is 7. The molecule has 0 radical (unpaired) electrons. The van der Waals surface area contributed by atoms with Crippen LogP contribution in [0.1, 0.15) is 28.6 Å². The number of anilines is 1. The zero-order valence-electron chi connectivity index (χ0n) is 12.0. The van der Waals surface area contributed by atoms with E-state index in [1.54, 1.807) is 24.5 Å². The molecule has 0 saturated heterocycles. The van der Waals surface area contributed by atoms with Crippen LogP contribution in [0, 0.1) is 12.3 Å². The molecule has 2 aromatic rings. The number of aliphatic hydroxyl groups is 1. The van der Waals surface area contributed by atoms with Crippen LogP contribution >= 0.6 is 0 Å². The monoisotopic (exact) mass is 299 g/mol. The Morgan fingerprint density at radius 1 is 1.45 bits per heavy atom. The number of carbonyl (C=O) groups excluding carboxylic acids is 1. The number of nitrogens with zero attached hydrogens (tertiary/aromatic N) is 1. The van der Waals surface area contributed by atoms with E-state index in [9.17, 15) is 4.79 Å². The summed E-state index contributed by atoms with van der Waals surface area (Å²) >= 11 is 0. The maximum absolute atomic E-state index is 11.7. The molecule has 0 aliphatic rings. The first-order chi connectivity index (χ1) is 10.7.